The Labute approximate surface area is 521 Å². The largest absolute Gasteiger partial charge is 0.358 e. The predicted molar refractivity (Wildman–Crippen MR) is 355 cm³/mol. The fraction of sp³-hybridized carbons (Fsp3) is 0.297. The lowest BCUT2D eigenvalue weighted by Crippen LogP contribution is -2.32. The zero-order valence-electron chi connectivity index (χ0n) is 51.3. The molecule has 458 valence electrons. The van der Waals surface area contributed by atoms with Crippen LogP contribution in [0.5, 0.6) is 0 Å². The third-order valence-electron chi connectivity index (χ3n) is 18.5. The lowest BCUT2D eigenvalue weighted by Gasteiger charge is -2.24. The number of anilines is 1. The predicted octanol–water partition coefficient (Wildman–Crippen LogP) is 16.5. The van der Waals surface area contributed by atoms with Crippen LogP contribution in [0, 0.1) is 17.6 Å². The number of allylic oxidation sites excluding steroid dienone is 2. The minimum absolute atomic E-state index is 0.126. The zero-order chi connectivity index (χ0) is 61.6. The molecule has 1 saturated carbocycles. The zero-order valence-corrected chi connectivity index (χ0v) is 51.3. The lowest BCUT2D eigenvalue weighted by atomic mass is 9.87. The van der Waals surface area contributed by atoms with Gasteiger partial charge in [-0.2, -0.15) is 9.89 Å². The quantitative estimate of drug-likeness (QED) is 0.0556. The molecule has 16 heteroatoms. The minimum Gasteiger partial charge on any atom is -0.358 e. The second kappa shape index (κ2) is 24.7. The molecular formula is C74H74F4N12. The molecule has 1 aliphatic heterocycles. The SMILES string of the molecule is C=C(Nc1cncc(-c2ccc3c(c2)c(-c2cc4c([nH]2)CCC=C4c2cc(F)cc(CCCN(C)C)c2)nn3N(C)CCCc2cc(F)cc(-c3cccc4[nH]c(-c5n[nH]c6ccc(-c7cncc(CN8CCC(F)(F)C8)c7)cc56)cc34)c2)c1)C1CCCCC1. The molecule has 5 aromatic carbocycles. The fourth-order valence-electron chi connectivity index (χ4n) is 13.9. The Hall–Kier alpha value is -9.12. The number of alkyl halides is 2. The number of fused-ring (bicyclic) bond motifs is 4. The van der Waals surface area contributed by atoms with Crippen LogP contribution in [-0.4, -0.2) is 103 Å². The van der Waals surface area contributed by atoms with Gasteiger partial charge in [0.1, 0.15) is 23.0 Å². The van der Waals surface area contributed by atoms with Gasteiger partial charge in [0.15, 0.2) is 0 Å². The molecule has 2 aliphatic carbocycles. The van der Waals surface area contributed by atoms with E-state index in [-0.39, 0.29) is 24.6 Å². The average Bonchev–Trinajstić information content (AvgIpc) is 1.75. The smallest absolute Gasteiger partial charge is 0.261 e. The number of nitrogens with zero attached hydrogens (tertiary/aromatic N) is 8. The molecule has 3 aliphatic rings. The van der Waals surface area contributed by atoms with Gasteiger partial charge in [-0.1, -0.05) is 68.3 Å². The molecule has 90 heavy (non-hydrogen) atoms. The number of likely N-dealkylation sites (tertiary alicyclic amines) is 1. The van der Waals surface area contributed by atoms with Gasteiger partial charge < -0.3 is 20.2 Å². The Kier molecular flexibility index (Phi) is 16.1. The summed E-state index contributed by atoms with van der Waals surface area (Å²) >= 11 is 0. The first kappa shape index (κ1) is 58.6. The molecule has 4 N–H and O–H groups in total. The van der Waals surface area contributed by atoms with Crippen molar-refractivity contribution in [2.24, 2.45) is 5.92 Å². The first-order chi connectivity index (χ1) is 43.7. The van der Waals surface area contributed by atoms with Gasteiger partial charge in [0.2, 0.25) is 0 Å². The maximum Gasteiger partial charge on any atom is 0.261 e. The van der Waals surface area contributed by atoms with Crippen LogP contribution in [0.2, 0.25) is 0 Å². The molecule has 2 fully saturated rings. The number of rotatable bonds is 20. The number of halogens is 4. The summed E-state index contributed by atoms with van der Waals surface area (Å²) in [6, 6.07) is 37.9. The van der Waals surface area contributed by atoms with Crippen LogP contribution in [0.1, 0.15) is 91.3 Å². The molecule has 0 radical (unpaired) electrons. The van der Waals surface area contributed by atoms with Crippen LogP contribution in [0.15, 0.2) is 158 Å². The van der Waals surface area contributed by atoms with E-state index < -0.39 is 5.92 Å². The Balaban J connectivity index is 0.727. The molecule has 11 aromatic rings. The summed E-state index contributed by atoms with van der Waals surface area (Å²) in [5.74, 6) is -2.74. The highest BCUT2D eigenvalue weighted by molar-refractivity contribution is 6.02. The maximum absolute atomic E-state index is 15.9. The molecule has 6 aromatic heterocycles. The Bertz CT molecular complexity index is 4520. The van der Waals surface area contributed by atoms with E-state index in [0.29, 0.717) is 38.4 Å². The Morgan fingerprint density at radius 3 is 2.18 bits per heavy atom. The van der Waals surface area contributed by atoms with E-state index >= 15 is 8.78 Å². The van der Waals surface area contributed by atoms with E-state index in [1.54, 1.807) is 41.6 Å². The van der Waals surface area contributed by atoms with Crippen LogP contribution in [0.25, 0.3) is 94.4 Å². The summed E-state index contributed by atoms with van der Waals surface area (Å²) in [4.78, 5) is 22.5. The molecule has 12 nitrogen and oxygen atoms in total. The number of hydrogen-bond acceptors (Lipinski definition) is 8. The van der Waals surface area contributed by atoms with Crippen molar-refractivity contribution in [2.75, 3.05) is 57.6 Å². The van der Waals surface area contributed by atoms with Crippen LogP contribution >= 0.6 is 0 Å². The molecule has 7 heterocycles. The molecule has 0 amide bonds. The molecule has 14 rings (SSSR count). The van der Waals surface area contributed by atoms with Crippen LogP contribution in [0.3, 0.4) is 0 Å². The van der Waals surface area contributed by atoms with Crippen molar-refractivity contribution in [3.8, 4) is 56.2 Å². The maximum atomic E-state index is 15.9. The summed E-state index contributed by atoms with van der Waals surface area (Å²) in [5.41, 5.74) is 20.2. The highest BCUT2D eigenvalue weighted by Crippen LogP contribution is 2.41. The fourth-order valence-corrected chi connectivity index (χ4v) is 13.9. The van der Waals surface area contributed by atoms with Gasteiger partial charge in [0.05, 0.1) is 40.9 Å². The molecule has 0 atom stereocenters. The van der Waals surface area contributed by atoms with Crippen LogP contribution in [-0.2, 0) is 25.8 Å². The van der Waals surface area contributed by atoms with Gasteiger partial charge in [0, 0.05) is 101 Å². The van der Waals surface area contributed by atoms with E-state index in [9.17, 15) is 8.78 Å². The minimum atomic E-state index is -2.66. The number of benzene rings is 5. The molecule has 0 unspecified atom stereocenters. The van der Waals surface area contributed by atoms with E-state index in [0.717, 1.165) is 184 Å². The Morgan fingerprint density at radius 2 is 1.39 bits per heavy atom. The third-order valence-corrected chi connectivity index (χ3v) is 18.5. The van der Waals surface area contributed by atoms with E-state index in [4.69, 9.17) is 15.2 Å². The van der Waals surface area contributed by atoms with Crippen LogP contribution in [0.4, 0.5) is 23.2 Å². The second-order valence-electron chi connectivity index (χ2n) is 25.4. The van der Waals surface area contributed by atoms with Gasteiger partial charge in [-0.25, -0.2) is 17.6 Å². The lowest BCUT2D eigenvalue weighted by molar-refractivity contribution is 0.0115. The number of aromatic nitrogens is 8. The van der Waals surface area contributed by atoms with Gasteiger partial charge in [0.25, 0.3) is 5.92 Å². The standard InChI is InChI=1S/C74H74F4N12/c1-46(50-14-6-5-7-15-50)81-59-35-56(42-80-43-59)52-21-23-71-65(37-52)73(70-39-63-61(17-9-19-67(63)83-70)53-28-47(31-57(75)33-53)12-10-25-87(2)3)86-90(71)88(4)26-11-13-48-29-54(34-58(76)32-48)60-16-8-18-66-62(60)38-69(82-66)72-64-36-51(20-22-68(64)84-85-72)55-30-49(40-79-41-55)44-89-27-24-74(77,78)45-89/h8,16-18,20-23,28-43,50,81-83H,1,5-7,9-15,19,24-27,44-45H2,2-4H3,(H,84,85). The number of aryl methyl sites for hydroxylation is 3. The van der Waals surface area contributed by atoms with Crippen molar-refractivity contribution >= 4 is 44.0 Å². The van der Waals surface area contributed by atoms with Gasteiger partial charge in [-0.3, -0.25) is 25.0 Å². The normalized spacial score (nSPS) is 15.4. The van der Waals surface area contributed by atoms with Gasteiger partial charge in [-0.15, -0.1) is 5.10 Å². The molecule has 0 spiro atoms. The molecule has 1 saturated heterocycles. The van der Waals surface area contributed by atoms with Crippen LogP contribution < -0.4 is 10.3 Å². The first-order valence-corrected chi connectivity index (χ1v) is 31.7. The highest BCUT2D eigenvalue weighted by atomic mass is 19.3. The third kappa shape index (κ3) is 12.3. The van der Waals surface area contributed by atoms with Crippen molar-refractivity contribution < 1.29 is 17.6 Å². The van der Waals surface area contributed by atoms with Gasteiger partial charge in [-0.05, 0) is 207 Å². The van der Waals surface area contributed by atoms with Crippen molar-refractivity contribution in [1.82, 2.24) is 49.8 Å². The van der Waals surface area contributed by atoms with Crippen molar-refractivity contribution in [3.63, 3.8) is 0 Å². The van der Waals surface area contributed by atoms with E-state index in [1.807, 2.05) is 60.6 Å². The summed E-state index contributed by atoms with van der Waals surface area (Å²) in [6.45, 7) is 6.52. The van der Waals surface area contributed by atoms with E-state index in [1.165, 1.54) is 19.3 Å². The average molecular weight is 1210 g/mol. The van der Waals surface area contributed by atoms with E-state index in [2.05, 4.69) is 117 Å². The van der Waals surface area contributed by atoms with Gasteiger partial charge >= 0.3 is 0 Å². The van der Waals surface area contributed by atoms with Crippen molar-refractivity contribution in [3.05, 3.63) is 204 Å². The second-order valence-corrected chi connectivity index (χ2v) is 25.4. The number of aromatic amines is 3. The molecular weight excluding hydrogens is 1130 g/mol. The number of nitrogens with one attached hydrogen (secondary N) is 4. The van der Waals surface area contributed by atoms with Crippen molar-refractivity contribution in [1.29, 1.82) is 0 Å². The number of pyridine rings is 2. The first-order valence-electron chi connectivity index (χ1n) is 31.7. The molecule has 0 bridgehead atoms. The summed E-state index contributed by atoms with van der Waals surface area (Å²) in [6.07, 6.45) is 20.2. The topological polar surface area (TPSA) is 126 Å². The van der Waals surface area contributed by atoms with Crippen molar-refractivity contribution in [2.45, 2.75) is 89.5 Å². The summed E-state index contributed by atoms with van der Waals surface area (Å²) in [7, 11) is 6.17. The highest BCUT2D eigenvalue weighted by Gasteiger charge is 2.38. The Morgan fingerprint density at radius 1 is 0.667 bits per heavy atom. The summed E-state index contributed by atoms with van der Waals surface area (Å²) in [5, 5.41) is 21.9. The summed E-state index contributed by atoms with van der Waals surface area (Å²) < 4.78 is 59.4. The number of hydrogen-bond donors (Lipinski definition) is 4. The monoisotopic (exact) mass is 1210 g/mol. The number of H-pyrrole nitrogens is 3.